The van der Waals surface area contributed by atoms with Crippen molar-refractivity contribution in [3.05, 3.63) is 33.8 Å². The average Bonchev–Trinajstić information content (AvgIpc) is 2.46. The van der Waals surface area contributed by atoms with Gasteiger partial charge in [-0.3, -0.25) is 4.79 Å². The lowest BCUT2D eigenvalue weighted by atomic mass is 10.1. The van der Waals surface area contributed by atoms with Gasteiger partial charge in [0.1, 0.15) is 0 Å². The molecule has 1 heterocycles. The molecule has 5 nitrogen and oxygen atoms in total. The lowest BCUT2D eigenvalue weighted by Gasteiger charge is -2.36. The van der Waals surface area contributed by atoms with E-state index in [0.717, 1.165) is 10.0 Å². The van der Waals surface area contributed by atoms with Crippen LogP contribution in [0.1, 0.15) is 15.9 Å². The van der Waals surface area contributed by atoms with E-state index in [-0.39, 0.29) is 11.9 Å². The molecule has 114 valence electrons. The molecule has 0 aromatic heterocycles. The van der Waals surface area contributed by atoms with Gasteiger partial charge in [-0.05, 0) is 40.5 Å². The Morgan fingerprint density at radius 1 is 1.10 bits per heavy atom. The average molecular weight is 354 g/mol. The summed E-state index contributed by atoms with van der Waals surface area (Å²) in [5, 5.41) is 0. The maximum absolute atomic E-state index is 12.5. The van der Waals surface area contributed by atoms with Crippen molar-refractivity contribution in [2.75, 3.05) is 40.3 Å². The van der Waals surface area contributed by atoms with E-state index < -0.39 is 0 Å². The van der Waals surface area contributed by atoms with E-state index in [2.05, 4.69) is 15.9 Å². The molecular weight excluding hydrogens is 334 g/mol. The molecule has 1 aliphatic heterocycles. The van der Waals surface area contributed by atoms with E-state index in [1.54, 1.807) is 28.8 Å². The zero-order chi connectivity index (χ0) is 15.6. The van der Waals surface area contributed by atoms with Gasteiger partial charge in [0.2, 0.25) is 0 Å². The molecule has 1 aromatic rings. The first kappa shape index (κ1) is 15.8. The maximum atomic E-state index is 12.5. The minimum absolute atomic E-state index is 0.00128. The van der Waals surface area contributed by atoms with E-state index in [0.29, 0.717) is 31.7 Å². The second-order valence-corrected chi connectivity index (χ2v) is 6.29. The molecule has 0 spiro atoms. The predicted molar refractivity (Wildman–Crippen MR) is 85.4 cm³/mol. The van der Waals surface area contributed by atoms with Gasteiger partial charge in [-0.2, -0.15) is 0 Å². The summed E-state index contributed by atoms with van der Waals surface area (Å²) in [6.07, 6.45) is 0. The smallest absolute Gasteiger partial charge is 0.319 e. The Morgan fingerprint density at radius 3 is 2.19 bits per heavy atom. The van der Waals surface area contributed by atoms with Crippen molar-refractivity contribution < 1.29 is 9.59 Å². The van der Waals surface area contributed by atoms with Gasteiger partial charge in [-0.25, -0.2) is 4.79 Å². The number of piperazine rings is 1. The molecule has 0 N–H and O–H groups in total. The third-order valence-electron chi connectivity index (χ3n) is 3.57. The summed E-state index contributed by atoms with van der Waals surface area (Å²) in [6.45, 7) is 4.28. The van der Waals surface area contributed by atoms with Crippen molar-refractivity contribution in [1.82, 2.24) is 14.7 Å². The summed E-state index contributed by atoms with van der Waals surface area (Å²) in [5.41, 5.74) is 1.79. The quantitative estimate of drug-likeness (QED) is 0.776. The number of carbonyl (C=O) groups excluding carboxylic acids is 2. The number of carbonyl (C=O) groups is 2. The Labute approximate surface area is 133 Å². The SMILES string of the molecule is Cc1ccc(C(=O)N2CCN(C(=O)N(C)C)CC2)c(Br)c1. The van der Waals surface area contributed by atoms with Gasteiger partial charge in [0.15, 0.2) is 0 Å². The van der Waals surface area contributed by atoms with Crippen LogP contribution >= 0.6 is 15.9 Å². The van der Waals surface area contributed by atoms with E-state index in [4.69, 9.17) is 0 Å². The van der Waals surface area contributed by atoms with Crippen molar-refractivity contribution in [1.29, 1.82) is 0 Å². The molecule has 0 saturated carbocycles. The molecular formula is C15H20BrN3O2. The van der Waals surface area contributed by atoms with Crippen molar-refractivity contribution in [2.24, 2.45) is 0 Å². The highest BCUT2D eigenvalue weighted by atomic mass is 79.9. The van der Waals surface area contributed by atoms with Crippen LogP contribution in [0.3, 0.4) is 0 Å². The van der Waals surface area contributed by atoms with Crippen LogP contribution in [-0.2, 0) is 0 Å². The van der Waals surface area contributed by atoms with Gasteiger partial charge in [0.05, 0.1) is 5.56 Å². The highest BCUT2D eigenvalue weighted by molar-refractivity contribution is 9.10. The van der Waals surface area contributed by atoms with Crippen molar-refractivity contribution in [2.45, 2.75) is 6.92 Å². The lowest BCUT2D eigenvalue weighted by Crippen LogP contribution is -2.52. The second kappa shape index (κ2) is 6.47. The summed E-state index contributed by atoms with van der Waals surface area (Å²) in [5.74, 6) is 0.0128. The third kappa shape index (κ3) is 3.56. The minimum atomic E-state index is -0.00128. The van der Waals surface area contributed by atoms with E-state index in [9.17, 15) is 9.59 Å². The van der Waals surface area contributed by atoms with Crippen LogP contribution < -0.4 is 0 Å². The van der Waals surface area contributed by atoms with Gasteiger partial charge < -0.3 is 14.7 Å². The number of rotatable bonds is 1. The van der Waals surface area contributed by atoms with Crippen molar-refractivity contribution in [3.63, 3.8) is 0 Å². The van der Waals surface area contributed by atoms with Gasteiger partial charge >= 0.3 is 6.03 Å². The number of nitrogens with zero attached hydrogens (tertiary/aromatic N) is 3. The van der Waals surface area contributed by atoms with Crippen LogP contribution in [0.4, 0.5) is 4.79 Å². The Kier molecular flexibility index (Phi) is 4.88. The van der Waals surface area contributed by atoms with E-state index >= 15 is 0 Å². The first-order valence-corrected chi connectivity index (χ1v) is 7.71. The third-order valence-corrected chi connectivity index (χ3v) is 4.23. The number of halogens is 1. The van der Waals surface area contributed by atoms with Crippen molar-refractivity contribution >= 4 is 27.9 Å². The number of hydrogen-bond acceptors (Lipinski definition) is 2. The molecule has 2 rings (SSSR count). The lowest BCUT2D eigenvalue weighted by molar-refractivity contribution is 0.0649. The Balaban J connectivity index is 2.02. The first-order chi connectivity index (χ1) is 9.90. The highest BCUT2D eigenvalue weighted by Crippen LogP contribution is 2.20. The van der Waals surface area contributed by atoms with Crippen LogP contribution in [0.15, 0.2) is 22.7 Å². The maximum Gasteiger partial charge on any atom is 0.319 e. The fourth-order valence-electron chi connectivity index (χ4n) is 2.35. The zero-order valence-electron chi connectivity index (χ0n) is 12.6. The molecule has 1 aliphatic rings. The number of aryl methyl sites for hydroxylation is 1. The molecule has 1 aromatic carbocycles. The second-order valence-electron chi connectivity index (χ2n) is 5.44. The molecule has 1 saturated heterocycles. The largest absolute Gasteiger partial charge is 0.335 e. The number of benzene rings is 1. The molecule has 3 amide bonds. The van der Waals surface area contributed by atoms with Gasteiger partial charge in [-0.1, -0.05) is 6.07 Å². The standard InChI is InChI=1S/C15H20BrN3O2/c1-11-4-5-12(13(16)10-11)14(20)18-6-8-19(9-7-18)15(21)17(2)3/h4-5,10H,6-9H2,1-3H3. The van der Waals surface area contributed by atoms with Gasteiger partial charge in [0, 0.05) is 44.7 Å². The summed E-state index contributed by atoms with van der Waals surface area (Å²) in [6, 6.07) is 5.72. The summed E-state index contributed by atoms with van der Waals surface area (Å²) >= 11 is 3.45. The molecule has 1 fully saturated rings. The number of hydrogen-bond donors (Lipinski definition) is 0. The monoisotopic (exact) mass is 353 g/mol. The molecule has 0 bridgehead atoms. The number of amides is 3. The number of urea groups is 1. The van der Waals surface area contributed by atoms with Crippen LogP contribution in [0.2, 0.25) is 0 Å². The summed E-state index contributed by atoms with van der Waals surface area (Å²) in [7, 11) is 3.48. The van der Waals surface area contributed by atoms with Crippen molar-refractivity contribution in [3.8, 4) is 0 Å². The Morgan fingerprint density at radius 2 is 1.67 bits per heavy atom. The van der Waals surface area contributed by atoms with Crippen LogP contribution in [0.25, 0.3) is 0 Å². The van der Waals surface area contributed by atoms with E-state index in [1.807, 2.05) is 25.1 Å². The fourth-order valence-corrected chi connectivity index (χ4v) is 3.01. The topological polar surface area (TPSA) is 43.9 Å². The predicted octanol–water partition coefficient (Wildman–Crippen LogP) is 2.20. The summed E-state index contributed by atoms with van der Waals surface area (Å²) in [4.78, 5) is 29.5. The van der Waals surface area contributed by atoms with Crippen LogP contribution in [0, 0.1) is 6.92 Å². The molecule has 0 radical (unpaired) electrons. The highest BCUT2D eigenvalue weighted by Gasteiger charge is 2.26. The molecule has 0 aliphatic carbocycles. The van der Waals surface area contributed by atoms with Gasteiger partial charge in [-0.15, -0.1) is 0 Å². The zero-order valence-corrected chi connectivity index (χ0v) is 14.2. The summed E-state index contributed by atoms with van der Waals surface area (Å²) < 4.78 is 0.819. The minimum Gasteiger partial charge on any atom is -0.335 e. The van der Waals surface area contributed by atoms with E-state index in [1.165, 1.54) is 0 Å². The first-order valence-electron chi connectivity index (χ1n) is 6.92. The fraction of sp³-hybridized carbons (Fsp3) is 0.467. The molecule has 21 heavy (non-hydrogen) atoms. The Bertz CT molecular complexity index is 552. The van der Waals surface area contributed by atoms with Crippen LogP contribution in [0.5, 0.6) is 0 Å². The normalized spacial score (nSPS) is 15.0. The van der Waals surface area contributed by atoms with Crippen LogP contribution in [-0.4, -0.2) is 66.9 Å². The molecule has 0 unspecified atom stereocenters. The molecule has 6 heteroatoms. The Hall–Kier alpha value is -1.56. The molecule has 0 atom stereocenters. The van der Waals surface area contributed by atoms with Gasteiger partial charge in [0.25, 0.3) is 5.91 Å².